The molecule has 2 aliphatic carbocycles. The van der Waals surface area contributed by atoms with E-state index in [1.807, 2.05) is 0 Å². The van der Waals surface area contributed by atoms with Crippen molar-refractivity contribution in [1.82, 2.24) is 0 Å². The number of benzene rings is 2. The molecule has 2 saturated carbocycles. The number of rotatable bonds is 10. The van der Waals surface area contributed by atoms with Crippen molar-refractivity contribution in [2.24, 2.45) is 5.92 Å². The van der Waals surface area contributed by atoms with E-state index >= 15 is 8.78 Å². The maximum atomic E-state index is 15.1. The molecule has 0 heterocycles. The van der Waals surface area contributed by atoms with E-state index in [1.54, 1.807) is 37.3 Å². The van der Waals surface area contributed by atoms with Gasteiger partial charge in [-0.3, -0.25) is 0 Å². The topological polar surface area (TPSA) is 38.7 Å². The van der Waals surface area contributed by atoms with Gasteiger partial charge in [0.1, 0.15) is 0 Å². The lowest BCUT2D eigenvalue weighted by molar-refractivity contribution is 0.0130. The molecule has 6 heteroatoms. The van der Waals surface area contributed by atoms with Gasteiger partial charge in [0.2, 0.25) is 0 Å². The lowest BCUT2D eigenvalue weighted by Crippen LogP contribution is -2.23. The van der Waals surface area contributed by atoms with E-state index in [9.17, 15) is 9.50 Å². The van der Waals surface area contributed by atoms with Gasteiger partial charge in [-0.15, -0.1) is 6.58 Å². The zero-order chi connectivity index (χ0) is 26.4. The molecule has 2 aromatic rings. The van der Waals surface area contributed by atoms with Gasteiger partial charge >= 0.3 is 0 Å². The minimum atomic E-state index is -0.703. The molecule has 0 saturated heterocycles. The molecule has 1 atom stereocenters. The second kappa shape index (κ2) is 13.0. The lowest BCUT2D eigenvalue weighted by Gasteiger charge is -2.32. The summed E-state index contributed by atoms with van der Waals surface area (Å²) in [5, 5.41) is 9.81. The van der Waals surface area contributed by atoms with Gasteiger partial charge < -0.3 is 14.6 Å². The summed E-state index contributed by atoms with van der Waals surface area (Å²) in [7, 11) is 0. The van der Waals surface area contributed by atoms with Gasteiger partial charge in [0.25, 0.3) is 0 Å². The molecule has 202 valence electrons. The van der Waals surface area contributed by atoms with E-state index in [0.29, 0.717) is 30.8 Å². The third kappa shape index (κ3) is 6.97. The van der Waals surface area contributed by atoms with Crippen LogP contribution < -0.4 is 4.74 Å². The summed E-state index contributed by atoms with van der Waals surface area (Å²) in [6.45, 7) is 6.11. The number of aliphatic hydroxyl groups excluding tert-OH is 1. The second-order valence-corrected chi connectivity index (χ2v) is 10.7. The molecule has 3 nitrogen and oxygen atoms in total. The highest BCUT2D eigenvalue weighted by Gasteiger charge is 2.30. The molecule has 0 aromatic heterocycles. The van der Waals surface area contributed by atoms with E-state index in [-0.39, 0.29) is 35.7 Å². The fraction of sp³-hybridized carbons (Fsp3) is 0.548. The molecule has 2 aromatic carbocycles. The largest absolute Gasteiger partial charge is 0.490 e. The van der Waals surface area contributed by atoms with Crippen LogP contribution in [0.3, 0.4) is 0 Å². The molecule has 0 amide bonds. The molecule has 1 unspecified atom stereocenters. The third-order valence-electron chi connectivity index (χ3n) is 8.21. The molecular weight excluding hydrogens is 477 g/mol. The van der Waals surface area contributed by atoms with Crippen molar-refractivity contribution in [3.63, 3.8) is 0 Å². The summed E-state index contributed by atoms with van der Waals surface area (Å²) in [6.07, 6.45) is 8.24. The average Bonchev–Trinajstić information content (AvgIpc) is 2.91. The van der Waals surface area contributed by atoms with Crippen LogP contribution in [0.5, 0.6) is 5.75 Å². The first-order chi connectivity index (χ1) is 17.9. The summed E-state index contributed by atoms with van der Waals surface area (Å²) in [6, 6.07) is 8.42. The first-order valence-electron chi connectivity index (χ1n) is 13.7. The Kier molecular flexibility index (Phi) is 9.71. The van der Waals surface area contributed by atoms with Crippen molar-refractivity contribution in [2.45, 2.75) is 95.4 Å². The monoisotopic (exact) mass is 516 g/mol. The highest BCUT2D eigenvalue weighted by Crippen LogP contribution is 2.41. The number of aliphatic hydroxyl groups is 1. The Morgan fingerprint density at radius 2 is 1.51 bits per heavy atom. The molecule has 1 N–H and O–H groups in total. The van der Waals surface area contributed by atoms with Crippen LogP contribution in [0.2, 0.25) is 0 Å². The number of halogens is 3. The minimum Gasteiger partial charge on any atom is -0.490 e. The Morgan fingerprint density at radius 3 is 2.05 bits per heavy atom. The Hall–Kier alpha value is -2.31. The summed E-state index contributed by atoms with van der Waals surface area (Å²) in [5.74, 6) is -1.36. The summed E-state index contributed by atoms with van der Waals surface area (Å²) < 4.78 is 55.9. The van der Waals surface area contributed by atoms with E-state index in [1.165, 1.54) is 6.07 Å². The molecule has 0 radical (unpaired) electrons. The van der Waals surface area contributed by atoms with E-state index in [0.717, 1.165) is 56.9 Å². The summed E-state index contributed by atoms with van der Waals surface area (Å²) >= 11 is 0. The zero-order valence-electron chi connectivity index (χ0n) is 21.7. The maximum Gasteiger partial charge on any atom is 0.165 e. The van der Waals surface area contributed by atoms with Crippen LogP contribution in [0.25, 0.3) is 0 Å². The number of hydrogen-bond donors (Lipinski definition) is 1. The summed E-state index contributed by atoms with van der Waals surface area (Å²) in [5.41, 5.74) is 1.68. The predicted octanol–water partition coefficient (Wildman–Crippen LogP) is 7.96. The van der Waals surface area contributed by atoms with Gasteiger partial charge in [-0.2, -0.15) is 0 Å². The van der Waals surface area contributed by atoms with E-state index < -0.39 is 17.5 Å². The van der Waals surface area contributed by atoms with E-state index in [4.69, 9.17) is 9.47 Å². The average molecular weight is 517 g/mol. The Balaban J connectivity index is 1.28. The quantitative estimate of drug-likeness (QED) is 0.257. The van der Waals surface area contributed by atoms with Gasteiger partial charge in [0, 0.05) is 0 Å². The van der Waals surface area contributed by atoms with Crippen molar-refractivity contribution < 1.29 is 27.8 Å². The Morgan fingerprint density at radius 1 is 0.919 bits per heavy atom. The van der Waals surface area contributed by atoms with Crippen molar-refractivity contribution in [1.29, 1.82) is 0 Å². The van der Waals surface area contributed by atoms with Crippen LogP contribution in [0, 0.1) is 23.4 Å². The van der Waals surface area contributed by atoms with E-state index in [2.05, 4.69) is 6.58 Å². The zero-order valence-corrected chi connectivity index (χ0v) is 21.7. The van der Waals surface area contributed by atoms with Crippen LogP contribution >= 0.6 is 0 Å². The molecular formula is C31H39F3O3. The molecule has 0 bridgehead atoms. The lowest BCUT2D eigenvalue weighted by atomic mass is 9.76. The standard InChI is InChI=1S/C31H39F3O3/c1-3-4-17-36-29-16-5-21(18-28(29)32)19-37-25-12-10-24(11-13-25)27-15-14-26(30(33)31(27)34)23-8-6-22(7-9-23)20(2)35/h3,5,14-16,18,20,22-25,35H,1,4,6-13,17,19H2,2H3. The van der Waals surface area contributed by atoms with Crippen LogP contribution in [0.15, 0.2) is 43.0 Å². The predicted molar refractivity (Wildman–Crippen MR) is 139 cm³/mol. The first-order valence-corrected chi connectivity index (χ1v) is 13.7. The van der Waals surface area contributed by atoms with Crippen LogP contribution in [-0.4, -0.2) is 23.9 Å². The number of ether oxygens (including phenoxy) is 2. The van der Waals surface area contributed by atoms with Crippen LogP contribution in [0.1, 0.15) is 93.2 Å². The van der Waals surface area contributed by atoms with Crippen LogP contribution in [-0.2, 0) is 11.3 Å². The van der Waals surface area contributed by atoms with Gasteiger partial charge in [-0.05, 0) is 111 Å². The van der Waals surface area contributed by atoms with Crippen molar-refractivity contribution >= 4 is 0 Å². The SMILES string of the molecule is C=CCCOc1ccc(COC2CCC(c3ccc(C4CCC(C(C)O)CC4)c(F)c3F)CC2)cc1F. The Bertz CT molecular complexity index is 1040. The molecule has 37 heavy (non-hydrogen) atoms. The first kappa shape index (κ1) is 27.7. The fourth-order valence-corrected chi connectivity index (χ4v) is 5.88. The van der Waals surface area contributed by atoms with Gasteiger partial charge in [0.05, 0.1) is 25.4 Å². The second-order valence-electron chi connectivity index (χ2n) is 10.7. The maximum absolute atomic E-state index is 15.1. The molecule has 0 spiro atoms. The molecule has 0 aliphatic heterocycles. The number of hydrogen-bond acceptors (Lipinski definition) is 3. The molecule has 2 aliphatic rings. The van der Waals surface area contributed by atoms with Gasteiger partial charge in [0.15, 0.2) is 23.2 Å². The molecule has 2 fully saturated rings. The highest BCUT2D eigenvalue weighted by atomic mass is 19.2. The summed E-state index contributed by atoms with van der Waals surface area (Å²) in [4.78, 5) is 0. The molecule has 4 rings (SSSR count). The van der Waals surface area contributed by atoms with Gasteiger partial charge in [-0.1, -0.05) is 24.3 Å². The minimum absolute atomic E-state index is 0.0131. The van der Waals surface area contributed by atoms with Crippen molar-refractivity contribution in [3.8, 4) is 5.75 Å². The smallest absolute Gasteiger partial charge is 0.165 e. The van der Waals surface area contributed by atoms with Crippen molar-refractivity contribution in [2.75, 3.05) is 6.61 Å². The Labute approximate surface area is 218 Å². The fourth-order valence-electron chi connectivity index (χ4n) is 5.88. The van der Waals surface area contributed by atoms with Crippen LogP contribution in [0.4, 0.5) is 13.2 Å². The van der Waals surface area contributed by atoms with Crippen molar-refractivity contribution in [3.05, 3.63) is 77.1 Å². The normalized spacial score (nSPS) is 25.0. The van der Waals surface area contributed by atoms with Gasteiger partial charge in [-0.25, -0.2) is 13.2 Å². The third-order valence-corrected chi connectivity index (χ3v) is 8.21. The highest BCUT2D eigenvalue weighted by molar-refractivity contribution is 5.32.